The zero-order valence-electron chi connectivity index (χ0n) is 11.7. The Labute approximate surface area is 110 Å². The fourth-order valence-corrected chi connectivity index (χ4v) is 1.99. The molecule has 3 N–H and O–H groups in total. The molecule has 0 fully saturated rings. The van der Waals surface area contributed by atoms with E-state index in [-0.39, 0.29) is 6.04 Å². The third kappa shape index (κ3) is 4.41. The van der Waals surface area contributed by atoms with Gasteiger partial charge in [0.15, 0.2) is 0 Å². The summed E-state index contributed by atoms with van der Waals surface area (Å²) in [7, 11) is 0. The number of benzene rings is 1. The van der Waals surface area contributed by atoms with Crippen molar-refractivity contribution in [2.45, 2.75) is 45.9 Å². The van der Waals surface area contributed by atoms with Crippen LogP contribution in [0.15, 0.2) is 24.3 Å². The SMILES string of the molecule is Cc1ccc(C(O)C(NCC(C)O)C(C)C)cc1. The first kappa shape index (κ1) is 15.2. The minimum Gasteiger partial charge on any atom is -0.392 e. The van der Waals surface area contributed by atoms with Crippen molar-refractivity contribution in [3.8, 4) is 0 Å². The van der Waals surface area contributed by atoms with E-state index in [0.29, 0.717) is 12.5 Å². The third-order valence-corrected chi connectivity index (χ3v) is 3.13. The van der Waals surface area contributed by atoms with Gasteiger partial charge in [0.25, 0.3) is 0 Å². The summed E-state index contributed by atoms with van der Waals surface area (Å²) in [5.41, 5.74) is 2.10. The largest absolute Gasteiger partial charge is 0.392 e. The van der Waals surface area contributed by atoms with Crippen molar-refractivity contribution in [3.05, 3.63) is 35.4 Å². The molecule has 0 radical (unpaired) electrons. The average molecular weight is 251 g/mol. The summed E-state index contributed by atoms with van der Waals surface area (Å²) >= 11 is 0. The average Bonchev–Trinajstić information content (AvgIpc) is 2.29. The van der Waals surface area contributed by atoms with E-state index >= 15 is 0 Å². The lowest BCUT2D eigenvalue weighted by molar-refractivity contribution is 0.0930. The molecule has 1 aromatic rings. The molecular weight excluding hydrogens is 226 g/mol. The first-order valence-corrected chi connectivity index (χ1v) is 6.58. The number of rotatable bonds is 6. The van der Waals surface area contributed by atoms with Gasteiger partial charge < -0.3 is 15.5 Å². The minimum absolute atomic E-state index is 0.0534. The Hall–Kier alpha value is -0.900. The number of hydrogen-bond acceptors (Lipinski definition) is 3. The van der Waals surface area contributed by atoms with Crippen LogP contribution in [0.4, 0.5) is 0 Å². The fourth-order valence-electron chi connectivity index (χ4n) is 1.99. The summed E-state index contributed by atoms with van der Waals surface area (Å²) in [6, 6.07) is 7.87. The van der Waals surface area contributed by atoms with Crippen molar-refractivity contribution < 1.29 is 10.2 Å². The number of aliphatic hydroxyl groups excluding tert-OH is 2. The monoisotopic (exact) mass is 251 g/mol. The van der Waals surface area contributed by atoms with Crippen molar-refractivity contribution in [1.29, 1.82) is 0 Å². The summed E-state index contributed by atoms with van der Waals surface area (Å²) in [6.07, 6.45) is -0.958. The van der Waals surface area contributed by atoms with E-state index < -0.39 is 12.2 Å². The second kappa shape index (κ2) is 6.88. The van der Waals surface area contributed by atoms with Crippen LogP contribution >= 0.6 is 0 Å². The van der Waals surface area contributed by atoms with Gasteiger partial charge in [-0.25, -0.2) is 0 Å². The molecule has 0 saturated carbocycles. The summed E-state index contributed by atoms with van der Waals surface area (Å²) in [6.45, 7) is 8.39. The predicted octanol–water partition coefficient (Wildman–Crippen LogP) is 2.02. The Morgan fingerprint density at radius 3 is 2.06 bits per heavy atom. The van der Waals surface area contributed by atoms with Crippen LogP contribution in [0.25, 0.3) is 0 Å². The van der Waals surface area contributed by atoms with Gasteiger partial charge in [-0.05, 0) is 25.3 Å². The molecule has 0 spiro atoms. The van der Waals surface area contributed by atoms with Crippen LogP contribution in [0.1, 0.15) is 38.0 Å². The van der Waals surface area contributed by atoms with Crippen molar-refractivity contribution in [2.75, 3.05) is 6.54 Å². The van der Waals surface area contributed by atoms with Crippen LogP contribution in [-0.4, -0.2) is 28.9 Å². The summed E-state index contributed by atoms with van der Waals surface area (Å²) in [5.74, 6) is 0.292. The number of aliphatic hydroxyl groups is 2. The van der Waals surface area contributed by atoms with Crippen LogP contribution in [0.5, 0.6) is 0 Å². The van der Waals surface area contributed by atoms with Crippen LogP contribution in [0.3, 0.4) is 0 Å². The van der Waals surface area contributed by atoms with E-state index in [9.17, 15) is 10.2 Å². The van der Waals surface area contributed by atoms with E-state index in [2.05, 4.69) is 19.2 Å². The third-order valence-electron chi connectivity index (χ3n) is 3.13. The first-order valence-electron chi connectivity index (χ1n) is 6.58. The molecule has 0 bridgehead atoms. The van der Waals surface area contributed by atoms with Gasteiger partial charge in [0.1, 0.15) is 0 Å². The second-order valence-electron chi connectivity index (χ2n) is 5.38. The molecule has 0 aliphatic carbocycles. The van der Waals surface area contributed by atoms with Gasteiger partial charge in [0, 0.05) is 12.6 Å². The highest BCUT2D eigenvalue weighted by Gasteiger charge is 2.23. The highest BCUT2D eigenvalue weighted by Crippen LogP contribution is 2.22. The predicted molar refractivity (Wildman–Crippen MR) is 74.4 cm³/mol. The Balaban J connectivity index is 2.75. The van der Waals surface area contributed by atoms with Crippen LogP contribution < -0.4 is 5.32 Å². The normalized spacial score (nSPS) is 16.6. The summed E-state index contributed by atoms with van der Waals surface area (Å²) in [4.78, 5) is 0. The lowest BCUT2D eigenvalue weighted by Gasteiger charge is -2.28. The maximum Gasteiger partial charge on any atom is 0.0945 e. The number of nitrogens with one attached hydrogen (secondary N) is 1. The van der Waals surface area contributed by atoms with Gasteiger partial charge in [-0.2, -0.15) is 0 Å². The molecular formula is C15H25NO2. The molecule has 0 aliphatic rings. The van der Waals surface area contributed by atoms with Crippen LogP contribution in [0, 0.1) is 12.8 Å². The van der Waals surface area contributed by atoms with Crippen molar-refractivity contribution >= 4 is 0 Å². The minimum atomic E-state index is -0.552. The number of aryl methyl sites for hydroxylation is 1. The van der Waals surface area contributed by atoms with Crippen molar-refractivity contribution in [3.63, 3.8) is 0 Å². The van der Waals surface area contributed by atoms with Gasteiger partial charge in [0.2, 0.25) is 0 Å². The molecule has 102 valence electrons. The van der Waals surface area contributed by atoms with E-state index in [1.165, 1.54) is 5.56 Å². The molecule has 1 rings (SSSR count). The first-order chi connectivity index (χ1) is 8.41. The fraction of sp³-hybridized carbons (Fsp3) is 0.600. The molecule has 3 atom stereocenters. The molecule has 0 amide bonds. The topological polar surface area (TPSA) is 52.5 Å². The maximum absolute atomic E-state index is 10.4. The van der Waals surface area contributed by atoms with Crippen LogP contribution in [-0.2, 0) is 0 Å². The van der Waals surface area contributed by atoms with Gasteiger partial charge in [-0.1, -0.05) is 43.7 Å². The second-order valence-corrected chi connectivity index (χ2v) is 5.38. The van der Waals surface area contributed by atoms with E-state index in [0.717, 1.165) is 5.56 Å². The van der Waals surface area contributed by atoms with Gasteiger partial charge >= 0.3 is 0 Å². The maximum atomic E-state index is 10.4. The molecule has 0 heterocycles. The van der Waals surface area contributed by atoms with Gasteiger partial charge in [-0.15, -0.1) is 0 Å². The highest BCUT2D eigenvalue weighted by molar-refractivity contribution is 5.24. The quantitative estimate of drug-likeness (QED) is 0.725. The Morgan fingerprint density at radius 2 is 1.61 bits per heavy atom. The number of hydrogen-bond donors (Lipinski definition) is 3. The zero-order valence-corrected chi connectivity index (χ0v) is 11.7. The molecule has 3 unspecified atom stereocenters. The lowest BCUT2D eigenvalue weighted by atomic mass is 9.93. The summed E-state index contributed by atoms with van der Waals surface area (Å²) in [5, 5.41) is 23.0. The lowest BCUT2D eigenvalue weighted by Crippen LogP contribution is -2.42. The van der Waals surface area contributed by atoms with E-state index in [1.54, 1.807) is 6.92 Å². The molecule has 0 aromatic heterocycles. The molecule has 0 aliphatic heterocycles. The van der Waals surface area contributed by atoms with Crippen molar-refractivity contribution in [2.24, 2.45) is 5.92 Å². The molecule has 18 heavy (non-hydrogen) atoms. The molecule has 3 heteroatoms. The zero-order chi connectivity index (χ0) is 13.7. The molecule has 0 saturated heterocycles. The standard InChI is InChI=1S/C15H25NO2/c1-10(2)14(16-9-12(4)17)15(18)13-7-5-11(3)6-8-13/h5-8,10,12,14-18H,9H2,1-4H3. The summed E-state index contributed by atoms with van der Waals surface area (Å²) < 4.78 is 0. The van der Waals surface area contributed by atoms with Crippen molar-refractivity contribution in [1.82, 2.24) is 5.32 Å². The van der Waals surface area contributed by atoms with E-state index in [4.69, 9.17) is 0 Å². The van der Waals surface area contributed by atoms with Crippen LogP contribution in [0.2, 0.25) is 0 Å². The smallest absolute Gasteiger partial charge is 0.0945 e. The Kier molecular flexibility index (Phi) is 5.79. The molecule has 1 aromatic carbocycles. The van der Waals surface area contributed by atoms with E-state index in [1.807, 2.05) is 31.2 Å². The van der Waals surface area contributed by atoms with Gasteiger partial charge in [-0.3, -0.25) is 0 Å². The Bertz CT molecular complexity index is 346. The Morgan fingerprint density at radius 1 is 1.06 bits per heavy atom. The van der Waals surface area contributed by atoms with Gasteiger partial charge in [0.05, 0.1) is 12.2 Å². The highest BCUT2D eigenvalue weighted by atomic mass is 16.3. The molecule has 3 nitrogen and oxygen atoms in total.